The Kier molecular flexibility index (Phi) is 9.11. The third-order valence-corrected chi connectivity index (χ3v) is 4.27. The number of hydrogen-bond donors (Lipinski definition) is 3. The summed E-state index contributed by atoms with van der Waals surface area (Å²) in [6.07, 6.45) is 0. The largest absolute Gasteiger partial charge is 0.493 e. The summed E-state index contributed by atoms with van der Waals surface area (Å²) in [4.78, 5) is 16.7. The maximum absolute atomic E-state index is 12.1. The molecule has 0 saturated carbocycles. The van der Waals surface area contributed by atoms with Gasteiger partial charge in [0.2, 0.25) is 0 Å². The lowest BCUT2D eigenvalue weighted by molar-refractivity contribution is 0.0954. The highest BCUT2D eigenvalue weighted by atomic mass is 35.5. The number of aliphatic imine (C=N–C) groups is 1. The second kappa shape index (κ2) is 11.8. The van der Waals surface area contributed by atoms with Crippen LogP contribution in [0.5, 0.6) is 11.5 Å². The first-order valence-electron chi connectivity index (χ1n) is 9.34. The zero-order valence-corrected chi connectivity index (χ0v) is 17.7. The summed E-state index contributed by atoms with van der Waals surface area (Å²) in [6.45, 7) is 4.21. The van der Waals surface area contributed by atoms with Crippen LogP contribution in [-0.4, -0.2) is 45.7 Å². The molecular formula is C21H27ClN4O3. The zero-order valence-electron chi connectivity index (χ0n) is 16.9. The first-order chi connectivity index (χ1) is 14.1. The van der Waals surface area contributed by atoms with Gasteiger partial charge in [-0.25, -0.2) is 4.99 Å². The highest BCUT2D eigenvalue weighted by Crippen LogP contribution is 2.27. The van der Waals surface area contributed by atoms with Gasteiger partial charge in [0, 0.05) is 30.2 Å². The van der Waals surface area contributed by atoms with Gasteiger partial charge in [-0.3, -0.25) is 4.79 Å². The Morgan fingerprint density at radius 3 is 2.31 bits per heavy atom. The van der Waals surface area contributed by atoms with E-state index < -0.39 is 0 Å². The molecule has 0 heterocycles. The number of guanidine groups is 1. The van der Waals surface area contributed by atoms with Crippen molar-refractivity contribution in [2.45, 2.75) is 13.5 Å². The van der Waals surface area contributed by atoms with Crippen molar-refractivity contribution in [3.05, 3.63) is 58.6 Å². The van der Waals surface area contributed by atoms with Gasteiger partial charge in [-0.15, -0.1) is 0 Å². The Morgan fingerprint density at radius 1 is 0.966 bits per heavy atom. The van der Waals surface area contributed by atoms with E-state index >= 15 is 0 Å². The van der Waals surface area contributed by atoms with Crippen LogP contribution in [0.3, 0.4) is 0 Å². The van der Waals surface area contributed by atoms with Crippen LogP contribution in [0.2, 0.25) is 5.02 Å². The van der Waals surface area contributed by atoms with Crippen molar-refractivity contribution in [3.63, 3.8) is 0 Å². The highest BCUT2D eigenvalue weighted by molar-refractivity contribution is 6.30. The Bertz CT molecular complexity index is 825. The molecule has 0 radical (unpaired) electrons. The minimum atomic E-state index is -0.143. The number of methoxy groups -OCH3 is 2. The van der Waals surface area contributed by atoms with Gasteiger partial charge < -0.3 is 25.4 Å². The Morgan fingerprint density at radius 2 is 1.66 bits per heavy atom. The summed E-state index contributed by atoms with van der Waals surface area (Å²) < 4.78 is 10.6. The average Bonchev–Trinajstić information content (AvgIpc) is 2.74. The van der Waals surface area contributed by atoms with Crippen LogP contribution in [0.4, 0.5) is 0 Å². The maximum Gasteiger partial charge on any atom is 0.251 e. The lowest BCUT2D eigenvalue weighted by atomic mass is 10.2. The minimum Gasteiger partial charge on any atom is -0.493 e. The van der Waals surface area contributed by atoms with Gasteiger partial charge in [0.25, 0.3) is 5.91 Å². The van der Waals surface area contributed by atoms with E-state index in [0.29, 0.717) is 47.7 Å². The molecule has 0 aromatic heterocycles. The van der Waals surface area contributed by atoms with Crippen molar-refractivity contribution in [2.75, 3.05) is 33.9 Å². The normalized spacial score (nSPS) is 11.0. The van der Waals surface area contributed by atoms with Crippen molar-refractivity contribution < 1.29 is 14.3 Å². The fourth-order valence-corrected chi connectivity index (χ4v) is 2.68. The average molecular weight is 419 g/mol. The quantitative estimate of drug-likeness (QED) is 0.331. The van der Waals surface area contributed by atoms with Gasteiger partial charge in [-0.2, -0.15) is 0 Å². The van der Waals surface area contributed by atoms with Crippen molar-refractivity contribution in [3.8, 4) is 11.5 Å². The summed E-state index contributed by atoms with van der Waals surface area (Å²) in [5.74, 6) is 1.88. The monoisotopic (exact) mass is 418 g/mol. The van der Waals surface area contributed by atoms with Crippen LogP contribution >= 0.6 is 11.6 Å². The molecule has 0 bridgehead atoms. The van der Waals surface area contributed by atoms with Crippen LogP contribution in [0.25, 0.3) is 0 Å². The van der Waals surface area contributed by atoms with E-state index in [2.05, 4.69) is 20.9 Å². The minimum absolute atomic E-state index is 0.143. The van der Waals surface area contributed by atoms with Crippen molar-refractivity contribution in [1.82, 2.24) is 16.0 Å². The lowest BCUT2D eigenvalue weighted by Gasteiger charge is -2.12. The molecule has 0 fully saturated rings. The van der Waals surface area contributed by atoms with Crippen LogP contribution in [0, 0.1) is 0 Å². The maximum atomic E-state index is 12.1. The SMILES string of the molecule is CCNC(=NCc1ccc(OC)c(OC)c1)NCCNC(=O)c1ccc(Cl)cc1. The van der Waals surface area contributed by atoms with Crippen molar-refractivity contribution >= 4 is 23.5 Å². The van der Waals surface area contributed by atoms with Gasteiger partial charge in [0.05, 0.1) is 20.8 Å². The smallest absolute Gasteiger partial charge is 0.251 e. The van der Waals surface area contributed by atoms with E-state index in [9.17, 15) is 4.79 Å². The van der Waals surface area contributed by atoms with Crippen LogP contribution < -0.4 is 25.4 Å². The standard InChI is InChI=1S/C21H27ClN4O3/c1-4-23-21(26-14-15-5-10-18(28-2)19(13-15)29-3)25-12-11-24-20(27)16-6-8-17(22)9-7-16/h5-10,13H,4,11-12,14H2,1-3H3,(H,24,27)(H2,23,25,26). The van der Waals surface area contributed by atoms with E-state index in [1.807, 2.05) is 25.1 Å². The molecule has 2 aromatic carbocycles. The molecule has 3 N–H and O–H groups in total. The van der Waals surface area contributed by atoms with Gasteiger partial charge >= 0.3 is 0 Å². The number of carbonyl (C=O) groups is 1. The number of ether oxygens (including phenoxy) is 2. The van der Waals surface area contributed by atoms with E-state index in [0.717, 1.165) is 12.1 Å². The Labute approximate surface area is 176 Å². The molecule has 0 atom stereocenters. The van der Waals surface area contributed by atoms with E-state index in [1.54, 1.807) is 38.5 Å². The van der Waals surface area contributed by atoms with Crippen molar-refractivity contribution in [2.24, 2.45) is 4.99 Å². The number of carbonyl (C=O) groups excluding carboxylic acids is 1. The molecule has 2 rings (SSSR count). The van der Waals surface area contributed by atoms with E-state index in [1.165, 1.54) is 0 Å². The number of rotatable bonds is 9. The molecule has 156 valence electrons. The number of benzene rings is 2. The van der Waals surface area contributed by atoms with Gasteiger partial charge in [-0.05, 0) is 48.9 Å². The summed E-state index contributed by atoms with van der Waals surface area (Å²) in [5, 5.41) is 9.85. The zero-order chi connectivity index (χ0) is 21.1. The topological polar surface area (TPSA) is 84.0 Å². The third-order valence-electron chi connectivity index (χ3n) is 4.02. The summed E-state index contributed by atoms with van der Waals surface area (Å²) in [6, 6.07) is 12.5. The molecule has 1 amide bonds. The van der Waals surface area contributed by atoms with Crippen LogP contribution in [0.1, 0.15) is 22.8 Å². The molecule has 0 aliphatic rings. The number of hydrogen-bond acceptors (Lipinski definition) is 4. The molecule has 0 aliphatic carbocycles. The predicted octanol–water partition coefficient (Wildman–Crippen LogP) is 2.84. The molecule has 0 spiro atoms. The Hall–Kier alpha value is -2.93. The fourth-order valence-electron chi connectivity index (χ4n) is 2.55. The molecule has 7 nitrogen and oxygen atoms in total. The predicted molar refractivity (Wildman–Crippen MR) is 116 cm³/mol. The summed E-state index contributed by atoms with van der Waals surface area (Å²) in [7, 11) is 3.21. The number of nitrogens with one attached hydrogen (secondary N) is 3. The molecule has 2 aromatic rings. The second-order valence-corrected chi connectivity index (χ2v) is 6.51. The summed E-state index contributed by atoms with van der Waals surface area (Å²) in [5.41, 5.74) is 1.57. The fraction of sp³-hybridized carbons (Fsp3) is 0.333. The summed E-state index contributed by atoms with van der Waals surface area (Å²) >= 11 is 5.84. The van der Waals surface area contributed by atoms with E-state index in [4.69, 9.17) is 21.1 Å². The van der Waals surface area contributed by atoms with Crippen LogP contribution in [0.15, 0.2) is 47.5 Å². The second-order valence-electron chi connectivity index (χ2n) is 6.07. The number of nitrogens with zero attached hydrogens (tertiary/aromatic N) is 1. The molecule has 0 aliphatic heterocycles. The van der Waals surface area contributed by atoms with E-state index in [-0.39, 0.29) is 5.91 Å². The molecule has 0 saturated heterocycles. The van der Waals surface area contributed by atoms with Crippen molar-refractivity contribution in [1.29, 1.82) is 0 Å². The molecule has 0 unspecified atom stereocenters. The molecule has 8 heteroatoms. The van der Waals surface area contributed by atoms with Gasteiger partial charge in [0.15, 0.2) is 17.5 Å². The highest BCUT2D eigenvalue weighted by Gasteiger charge is 2.06. The molecular weight excluding hydrogens is 392 g/mol. The lowest BCUT2D eigenvalue weighted by Crippen LogP contribution is -2.41. The first kappa shape index (κ1) is 22.4. The van der Waals surface area contributed by atoms with Gasteiger partial charge in [-0.1, -0.05) is 17.7 Å². The number of amides is 1. The molecule has 29 heavy (non-hydrogen) atoms. The van der Waals surface area contributed by atoms with Crippen LogP contribution in [-0.2, 0) is 6.54 Å². The van der Waals surface area contributed by atoms with Gasteiger partial charge in [0.1, 0.15) is 0 Å². The number of halogens is 1. The Balaban J connectivity index is 1.86. The first-order valence-corrected chi connectivity index (χ1v) is 9.72. The third kappa shape index (κ3) is 7.19.